The van der Waals surface area contributed by atoms with E-state index in [2.05, 4.69) is 65.4 Å². The highest BCUT2D eigenvalue weighted by molar-refractivity contribution is 5.25. The van der Waals surface area contributed by atoms with E-state index >= 15 is 0 Å². The molecule has 6 heteroatoms. The van der Waals surface area contributed by atoms with Gasteiger partial charge in [0.1, 0.15) is 6.23 Å². The Morgan fingerprint density at radius 1 is 1.30 bits per heavy atom. The number of fused-ring (bicyclic) bond motifs is 1. The minimum absolute atomic E-state index is 0.00595. The van der Waals surface area contributed by atoms with Gasteiger partial charge in [0.15, 0.2) is 0 Å². The average Bonchev–Trinajstić information content (AvgIpc) is 3.01. The van der Waals surface area contributed by atoms with Crippen molar-refractivity contribution in [2.45, 2.75) is 51.9 Å². The normalized spacial score (nSPS) is 18.1. The zero-order chi connectivity index (χ0) is 19.4. The van der Waals surface area contributed by atoms with Crippen LogP contribution in [-0.2, 0) is 17.7 Å². The van der Waals surface area contributed by atoms with E-state index < -0.39 is 0 Å². The molecule has 0 bridgehead atoms. The van der Waals surface area contributed by atoms with Crippen molar-refractivity contribution in [2.24, 2.45) is 0 Å². The molecule has 27 heavy (non-hydrogen) atoms. The van der Waals surface area contributed by atoms with Gasteiger partial charge in [-0.2, -0.15) is 0 Å². The minimum Gasteiger partial charge on any atom is -0.357 e. The molecule has 0 amide bonds. The maximum Gasteiger partial charge on any atom is 0.132 e. The van der Waals surface area contributed by atoms with Gasteiger partial charge in [0.25, 0.3) is 0 Å². The largest absolute Gasteiger partial charge is 0.357 e. The molecule has 2 aromatic heterocycles. The average molecular weight is 372 g/mol. The number of pyridine rings is 1. The molecule has 2 aromatic rings. The minimum atomic E-state index is -0.00595. The fourth-order valence-corrected chi connectivity index (χ4v) is 3.83. The topological polar surface area (TPSA) is 46.4 Å². The van der Waals surface area contributed by atoms with Gasteiger partial charge in [-0.1, -0.05) is 6.07 Å². The maximum absolute atomic E-state index is 5.96. The Kier molecular flexibility index (Phi) is 6.63. The van der Waals surface area contributed by atoms with E-state index in [4.69, 9.17) is 4.74 Å². The predicted molar refractivity (Wildman–Crippen MR) is 108 cm³/mol. The summed E-state index contributed by atoms with van der Waals surface area (Å²) in [5.41, 5.74) is 4.93. The Hall–Kier alpha value is -1.76. The van der Waals surface area contributed by atoms with Crippen LogP contribution in [-0.4, -0.2) is 58.6 Å². The molecular formula is C21H33N5O. The monoisotopic (exact) mass is 371 g/mol. The molecule has 1 aliphatic carbocycles. The fraction of sp³-hybridized carbons (Fsp3) is 0.619. The van der Waals surface area contributed by atoms with Crippen LogP contribution in [0, 0.1) is 6.92 Å². The molecular weight excluding hydrogens is 338 g/mol. The van der Waals surface area contributed by atoms with Crippen LogP contribution >= 0.6 is 0 Å². The third kappa shape index (κ3) is 4.75. The summed E-state index contributed by atoms with van der Waals surface area (Å²) >= 11 is 0. The molecule has 0 aromatic carbocycles. The molecule has 0 saturated heterocycles. The molecule has 6 nitrogen and oxygen atoms in total. The Labute approximate surface area is 163 Å². The zero-order valence-electron chi connectivity index (χ0n) is 17.4. The summed E-state index contributed by atoms with van der Waals surface area (Å²) in [6, 6.07) is 4.63. The Bertz CT molecular complexity index is 742. The zero-order valence-corrected chi connectivity index (χ0v) is 17.4. The first-order valence-electron chi connectivity index (χ1n) is 9.90. The van der Waals surface area contributed by atoms with Crippen molar-refractivity contribution >= 4 is 0 Å². The van der Waals surface area contributed by atoms with Crippen LogP contribution in [0.4, 0.5) is 0 Å². The standard InChI is InChI=1S/C21H33N5O/c1-16-19(23-15-26(16)17(2)27-13-12-24(3)4)14-25(5)20-10-6-8-18-9-7-11-22-21(18)20/h7,9,11,15,17,20H,6,8,10,12-14H2,1-5H3/t17?,20-/m0/s1. The number of aromatic nitrogens is 3. The molecule has 3 rings (SSSR count). The summed E-state index contributed by atoms with van der Waals surface area (Å²) in [7, 11) is 6.30. The van der Waals surface area contributed by atoms with Crippen molar-refractivity contribution in [1.29, 1.82) is 0 Å². The third-order valence-electron chi connectivity index (χ3n) is 5.53. The summed E-state index contributed by atoms with van der Waals surface area (Å²) in [4.78, 5) is 13.9. The van der Waals surface area contributed by atoms with Gasteiger partial charge in [-0.25, -0.2) is 4.98 Å². The fourth-order valence-electron chi connectivity index (χ4n) is 3.83. The molecule has 2 heterocycles. The molecule has 2 atom stereocenters. The SMILES string of the molecule is Cc1c(CN(C)[C@H]2CCCc3cccnc32)ncn1C(C)OCCN(C)C. The van der Waals surface area contributed by atoms with Crippen LogP contribution < -0.4 is 0 Å². The summed E-state index contributed by atoms with van der Waals surface area (Å²) in [6.45, 7) is 6.67. The number of ether oxygens (including phenoxy) is 1. The first-order chi connectivity index (χ1) is 13.0. The van der Waals surface area contributed by atoms with Gasteiger partial charge < -0.3 is 14.2 Å². The lowest BCUT2D eigenvalue weighted by atomic mass is 9.91. The first-order valence-corrected chi connectivity index (χ1v) is 9.90. The molecule has 0 saturated carbocycles. The molecule has 0 spiro atoms. The van der Waals surface area contributed by atoms with Crippen molar-refractivity contribution in [3.05, 3.63) is 47.3 Å². The molecule has 0 fully saturated rings. The number of nitrogens with zero attached hydrogens (tertiary/aromatic N) is 5. The lowest BCUT2D eigenvalue weighted by molar-refractivity contribution is 0.00819. The van der Waals surface area contributed by atoms with Gasteiger partial charge in [0.05, 0.1) is 30.4 Å². The van der Waals surface area contributed by atoms with Gasteiger partial charge in [-0.3, -0.25) is 9.88 Å². The van der Waals surface area contributed by atoms with Crippen molar-refractivity contribution in [1.82, 2.24) is 24.3 Å². The number of hydrogen-bond acceptors (Lipinski definition) is 5. The van der Waals surface area contributed by atoms with E-state index in [1.54, 1.807) is 0 Å². The summed E-state index contributed by atoms with van der Waals surface area (Å²) in [5.74, 6) is 0. The van der Waals surface area contributed by atoms with Crippen LogP contribution in [0.1, 0.15) is 54.7 Å². The molecule has 0 aliphatic heterocycles. The Morgan fingerprint density at radius 3 is 2.89 bits per heavy atom. The molecule has 0 radical (unpaired) electrons. The predicted octanol–water partition coefficient (Wildman–Crippen LogP) is 3.19. The third-order valence-corrected chi connectivity index (χ3v) is 5.53. The number of imidazole rings is 1. The van der Waals surface area contributed by atoms with Gasteiger partial charge in [-0.05, 0) is 65.9 Å². The Morgan fingerprint density at radius 2 is 2.11 bits per heavy atom. The van der Waals surface area contributed by atoms with Gasteiger partial charge in [0, 0.05) is 25.0 Å². The highest BCUT2D eigenvalue weighted by Gasteiger charge is 2.26. The van der Waals surface area contributed by atoms with Crippen molar-refractivity contribution in [3.63, 3.8) is 0 Å². The van der Waals surface area contributed by atoms with Crippen molar-refractivity contribution < 1.29 is 4.74 Å². The van der Waals surface area contributed by atoms with E-state index in [0.29, 0.717) is 12.6 Å². The highest BCUT2D eigenvalue weighted by atomic mass is 16.5. The maximum atomic E-state index is 5.96. The first kappa shape index (κ1) is 20.0. The summed E-state index contributed by atoms with van der Waals surface area (Å²) in [6.07, 6.45) is 7.34. The van der Waals surface area contributed by atoms with Crippen LogP contribution in [0.5, 0.6) is 0 Å². The van der Waals surface area contributed by atoms with Crippen LogP contribution in [0.25, 0.3) is 0 Å². The second kappa shape index (κ2) is 8.95. The van der Waals surface area contributed by atoms with Gasteiger partial charge >= 0.3 is 0 Å². The van der Waals surface area contributed by atoms with E-state index in [0.717, 1.165) is 31.6 Å². The summed E-state index contributed by atoms with van der Waals surface area (Å²) < 4.78 is 8.09. The number of aryl methyl sites for hydroxylation is 1. The van der Waals surface area contributed by atoms with Crippen molar-refractivity contribution in [2.75, 3.05) is 34.3 Å². The van der Waals surface area contributed by atoms with Crippen LogP contribution in [0.15, 0.2) is 24.7 Å². The van der Waals surface area contributed by atoms with E-state index in [1.807, 2.05) is 18.6 Å². The van der Waals surface area contributed by atoms with Crippen molar-refractivity contribution in [3.8, 4) is 0 Å². The Balaban J connectivity index is 1.66. The second-order valence-corrected chi connectivity index (χ2v) is 7.83. The van der Waals surface area contributed by atoms with Crippen LogP contribution in [0.3, 0.4) is 0 Å². The number of likely N-dealkylation sites (N-methyl/N-ethyl adjacent to an activating group) is 1. The quantitative estimate of drug-likeness (QED) is 0.713. The highest BCUT2D eigenvalue weighted by Crippen LogP contribution is 2.32. The van der Waals surface area contributed by atoms with Crippen LogP contribution in [0.2, 0.25) is 0 Å². The smallest absolute Gasteiger partial charge is 0.132 e. The van der Waals surface area contributed by atoms with E-state index in [-0.39, 0.29) is 6.23 Å². The lowest BCUT2D eigenvalue weighted by Gasteiger charge is -2.32. The van der Waals surface area contributed by atoms with Gasteiger partial charge in [0.2, 0.25) is 0 Å². The number of rotatable bonds is 8. The number of hydrogen-bond donors (Lipinski definition) is 0. The van der Waals surface area contributed by atoms with E-state index in [1.165, 1.54) is 23.4 Å². The second-order valence-electron chi connectivity index (χ2n) is 7.83. The lowest BCUT2D eigenvalue weighted by Crippen LogP contribution is -2.28. The molecule has 148 valence electrons. The van der Waals surface area contributed by atoms with E-state index in [9.17, 15) is 0 Å². The summed E-state index contributed by atoms with van der Waals surface area (Å²) in [5, 5.41) is 0. The molecule has 1 unspecified atom stereocenters. The molecule has 0 N–H and O–H groups in total. The molecule has 1 aliphatic rings. The van der Waals surface area contributed by atoms with Gasteiger partial charge in [-0.15, -0.1) is 0 Å².